The SMILES string of the molecule is CC(C)C[C@H](NP(=O)(O)OC(NC(=O)OCc1ccccc1)C(=O)OCc1ccccc1)C(=O)N[C@@H](Cc1ccc(-c2cccs2)cc1)C(=O)O. The van der Waals surface area contributed by atoms with Gasteiger partial charge >= 0.3 is 25.8 Å². The summed E-state index contributed by atoms with van der Waals surface area (Å²) < 4.78 is 29.0. The zero-order valence-corrected chi connectivity index (χ0v) is 29.7. The van der Waals surface area contributed by atoms with E-state index < -0.39 is 50.0 Å². The summed E-state index contributed by atoms with van der Waals surface area (Å²) in [5.74, 6) is -3.62. The molecule has 4 atom stereocenters. The zero-order valence-electron chi connectivity index (χ0n) is 28.0. The van der Waals surface area contributed by atoms with Crippen molar-refractivity contribution in [3.05, 3.63) is 119 Å². The molecular weight excluding hydrogens is 697 g/mol. The Labute approximate surface area is 299 Å². The molecule has 270 valence electrons. The third-order valence-corrected chi connectivity index (χ3v) is 9.36. The van der Waals surface area contributed by atoms with Crippen molar-refractivity contribution in [2.75, 3.05) is 0 Å². The second-order valence-corrected chi connectivity index (χ2v) is 14.4. The predicted octanol–water partition coefficient (Wildman–Crippen LogP) is 5.64. The Balaban J connectivity index is 1.44. The van der Waals surface area contributed by atoms with E-state index in [0.717, 1.165) is 10.4 Å². The van der Waals surface area contributed by atoms with Crippen molar-refractivity contribution in [1.29, 1.82) is 0 Å². The number of alkyl carbamates (subject to hydrolysis) is 1. The molecule has 0 aliphatic rings. The maximum Gasteiger partial charge on any atom is 0.409 e. The van der Waals surface area contributed by atoms with Crippen LogP contribution in [0.4, 0.5) is 4.79 Å². The van der Waals surface area contributed by atoms with Gasteiger partial charge in [-0.3, -0.25) is 14.6 Å². The van der Waals surface area contributed by atoms with E-state index >= 15 is 0 Å². The quantitative estimate of drug-likeness (QED) is 0.0483. The monoisotopic (exact) mass is 737 g/mol. The summed E-state index contributed by atoms with van der Waals surface area (Å²) in [6.07, 6.45) is -3.36. The first-order valence-electron chi connectivity index (χ1n) is 16.0. The number of aliphatic carboxylic acids is 1. The number of benzene rings is 3. The van der Waals surface area contributed by atoms with Gasteiger partial charge in [0.15, 0.2) is 0 Å². The highest BCUT2D eigenvalue weighted by Gasteiger charge is 2.37. The molecule has 51 heavy (non-hydrogen) atoms. The van der Waals surface area contributed by atoms with E-state index in [-0.39, 0.29) is 32.0 Å². The fourth-order valence-electron chi connectivity index (χ4n) is 4.82. The molecule has 0 spiro atoms. The van der Waals surface area contributed by atoms with Crippen LogP contribution in [0.1, 0.15) is 37.0 Å². The van der Waals surface area contributed by atoms with Gasteiger partial charge in [0.2, 0.25) is 12.1 Å². The van der Waals surface area contributed by atoms with E-state index in [1.54, 1.807) is 98.0 Å². The second-order valence-electron chi connectivity index (χ2n) is 11.9. The summed E-state index contributed by atoms with van der Waals surface area (Å²) in [6.45, 7) is 3.09. The molecule has 0 aliphatic carbocycles. The van der Waals surface area contributed by atoms with Crippen LogP contribution in [0, 0.1) is 5.92 Å². The molecule has 0 saturated heterocycles. The summed E-state index contributed by atoms with van der Waals surface area (Å²) in [7, 11) is -5.09. The number of thiophene rings is 1. The summed E-state index contributed by atoms with van der Waals surface area (Å²) in [4.78, 5) is 63.3. The van der Waals surface area contributed by atoms with Crippen LogP contribution >= 0.6 is 19.1 Å². The van der Waals surface area contributed by atoms with Crippen molar-refractivity contribution in [1.82, 2.24) is 15.7 Å². The van der Waals surface area contributed by atoms with E-state index in [1.165, 1.54) is 0 Å². The highest BCUT2D eigenvalue weighted by atomic mass is 32.1. The lowest BCUT2D eigenvalue weighted by molar-refractivity contribution is -0.155. The van der Waals surface area contributed by atoms with Crippen molar-refractivity contribution in [2.45, 2.75) is 58.2 Å². The third-order valence-electron chi connectivity index (χ3n) is 7.30. The minimum Gasteiger partial charge on any atom is -0.480 e. The average molecular weight is 738 g/mol. The number of carbonyl (C=O) groups excluding carboxylic acids is 3. The van der Waals surface area contributed by atoms with Crippen LogP contribution in [0.25, 0.3) is 10.4 Å². The fourth-order valence-corrected chi connectivity index (χ4v) is 6.66. The highest BCUT2D eigenvalue weighted by molar-refractivity contribution is 7.50. The van der Waals surface area contributed by atoms with Crippen LogP contribution < -0.4 is 15.7 Å². The smallest absolute Gasteiger partial charge is 0.409 e. The molecule has 3 aromatic carbocycles. The van der Waals surface area contributed by atoms with Crippen molar-refractivity contribution in [3.8, 4) is 10.4 Å². The third kappa shape index (κ3) is 13.1. The number of carboxylic acid groups (broad SMARTS) is 1. The number of ether oxygens (including phenoxy) is 2. The van der Waals surface area contributed by atoms with Crippen LogP contribution in [0.5, 0.6) is 0 Å². The number of carbonyl (C=O) groups is 4. The van der Waals surface area contributed by atoms with Gasteiger partial charge in [0.05, 0.1) is 6.04 Å². The van der Waals surface area contributed by atoms with Crippen LogP contribution in [0.3, 0.4) is 0 Å². The molecular formula is C36H40N3O10PS. The van der Waals surface area contributed by atoms with Crippen LogP contribution in [0.15, 0.2) is 102 Å². The molecule has 1 heterocycles. The number of hydrogen-bond acceptors (Lipinski definition) is 9. The molecule has 0 radical (unpaired) electrons. The Hall–Kier alpha value is -4.85. The largest absolute Gasteiger partial charge is 0.480 e. The van der Waals surface area contributed by atoms with Crippen LogP contribution in [0.2, 0.25) is 0 Å². The number of rotatable bonds is 18. The Bertz CT molecular complexity index is 1770. The van der Waals surface area contributed by atoms with E-state index in [9.17, 15) is 33.7 Å². The van der Waals surface area contributed by atoms with Crippen LogP contribution in [-0.4, -0.2) is 52.3 Å². The normalized spacial score (nSPS) is 14.0. The summed E-state index contributed by atoms with van der Waals surface area (Å²) in [6, 6.07) is 25.6. The van der Waals surface area contributed by atoms with Gasteiger partial charge in [-0.1, -0.05) is 105 Å². The van der Waals surface area contributed by atoms with Gasteiger partial charge in [-0.05, 0) is 46.0 Å². The first-order valence-corrected chi connectivity index (χ1v) is 18.5. The molecule has 5 N–H and O–H groups in total. The summed E-state index contributed by atoms with van der Waals surface area (Å²) in [5.41, 5.74) is 2.85. The molecule has 0 fully saturated rings. The van der Waals surface area contributed by atoms with E-state index in [0.29, 0.717) is 16.7 Å². The first-order chi connectivity index (χ1) is 24.4. The zero-order chi connectivity index (χ0) is 36.8. The predicted molar refractivity (Wildman–Crippen MR) is 190 cm³/mol. The maximum absolute atomic E-state index is 13.4. The van der Waals surface area contributed by atoms with Crippen molar-refractivity contribution in [2.24, 2.45) is 5.92 Å². The molecule has 2 amide bonds. The molecule has 13 nitrogen and oxygen atoms in total. The number of amides is 2. The maximum atomic E-state index is 13.4. The van der Waals surface area contributed by atoms with E-state index in [2.05, 4.69) is 15.7 Å². The molecule has 15 heteroatoms. The van der Waals surface area contributed by atoms with Gasteiger partial charge in [0.1, 0.15) is 19.3 Å². The van der Waals surface area contributed by atoms with Gasteiger partial charge in [0, 0.05) is 11.3 Å². The Morgan fingerprint density at radius 1 is 0.765 bits per heavy atom. The number of nitrogens with one attached hydrogen (secondary N) is 3. The highest BCUT2D eigenvalue weighted by Crippen LogP contribution is 2.40. The second kappa shape index (κ2) is 18.9. The van der Waals surface area contributed by atoms with E-state index in [4.69, 9.17) is 14.0 Å². The summed E-state index contributed by atoms with van der Waals surface area (Å²) in [5, 5.41) is 18.7. The van der Waals surface area contributed by atoms with Gasteiger partial charge in [-0.2, -0.15) is 0 Å². The molecule has 2 unspecified atom stereocenters. The summed E-state index contributed by atoms with van der Waals surface area (Å²) >= 11 is 1.57. The Morgan fingerprint density at radius 3 is 1.92 bits per heavy atom. The van der Waals surface area contributed by atoms with Crippen molar-refractivity contribution >= 4 is 43.0 Å². The molecule has 1 aromatic heterocycles. The lowest BCUT2D eigenvalue weighted by Gasteiger charge is -2.26. The number of hydrogen-bond donors (Lipinski definition) is 5. The lowest BCUT2D eigenvalue weighted by Crippen LogP contribution is -2.51. The Kier molecular flexibility index (Phi) is 14.5. The number of carboxylic acids is 1. The van der Waals surface area contributed by atoms with Gasteiger partial charge in [-0.15, -0.1) is 11.3 Å². The standard InChI is InChI=1S/C36H40N3O10PS/c1-24(2)20-29(32(40)37-30(34(41)42)21-25-15-17-28(18-16-25)31-14-9-19-51-31)39-50(45,46)49-33(35(43)47-22-26-10-5-3-6-11-26)38-36(44)48-23-27-12-7-4-8-13-27/h3-19,24,29-30,33H,20-23H2,1-2H3,(H,37,40)(H,38,44)(H,41,42)(H2,39,45,46)/t29-,30-,33?/m0/s1. The van der Waals surface area contributed by atoms with Crippen LogP contribution in [-0.2, 0) is 52.6 Å². The average Bonchev–Trinajstić information content (AvgIpc) is 3.65. The van der Waals surface area contributed by atoms with E-state index in [1.807, 2.05) is 29.6 Å². The Morgan fingerprint density at radius 2 is 1.37 bits per heavy atom. The van der Waals surface area contributed by atoms with Gasteiger partial charge < -0.3 is 24.8 Å². The molecule has 0 saturated carbocycles. The van der Waals surface area contributed by atoms with Gasteiger partial charge in [-0.25, -0.2) is 24.0 Å². The topological polar surface area (TPSA) is 190 Å². The van der Waals surface area contributed by atoms with Crippen molar-refractivity contribution < 1.29 is 47.7 Å². The first kappa shape index (κ1) is 38.9. The minimum atomic E-state index is -5.09. The molecule has 4 rings (SSSR count). The van der Waals surface area contributed by atoms with Crippen molar-refractivity contribution in [3.63, 3.8) is 0 Å². The molecule has 4 aromatic rings. The lowest BCUT2D eigenvalue weighted by atomic mass is 10.0. The minimum absolute atomic E-state index is 0.0166. The molecule has 0 aliphatic heterocycles. The number of esters is 1. The fraction of sp³-hybridized carbons (Fsp3) is 0.278. The van der Waals surface area contributed by atoms with Gasteiger partial charge in [0.25, 0.3) is 0 Å². The molecule has 0 bridgehead atoms.